The number of halogens is 1. The summed E-state index contributed by atoms with van der Waals surface area (Å²) in [6.07, 6.45) is 6.14. The Balaban J connectivity index is 1.90. The third-order valence-electron chi connectivity index (χ3n) is 3.21. The fourth-order valence-corrected chi connectivity index (χ4v) is 2.69. The van der Waals surface area contributed by atoms with Crippen LogP contribution in [0.15, 0.2) is 24.3 Å². The Bertz CT molecular complexity index is 335. The summed E-state index contributed by atoms with van der Waals surface area (Å²) in [5.41, 5.74) is 1.39. The van der Waals surface area contributed by atoms with E-state index in [4.69, 9.17) is 11.6 Å². The number of rotatable bonds is 7. The summed E-state index contributed by atoms with van der Waals surface area (Å²) in [5, 5.41) is 4.52. The third kappa shape index (κ3) is 4.20. The molecule has 0 spiro atoms. The highest BCUT2D eigenvalue weighted by Gasteiger charge is 2.31. The summed E-state index contributed by atoms with van der Waals surface area (Å²) in [6, 6.07) is 8.85. The molecule has 1 unspecified atom stereocenters. The topological polar surface area (TPSA) is 12.0 Å². The van der Waals surface area contributed by atoms with Crippen molar-refractivity contribution in [1.82, 2.24) is 5.32 Å². The lowest BCUT2D eigenvalue weighted by atomic mass is 10.0. The molecule has 17 heavy (non-hydrogen) atoms. The van der Waals surface area contributed by atoms with E-state index >= 15 is 0 Å². The first-order valence-corrected chi connectivity index (χ1v) is 8.06. The van der Waals surface area contributed by atoms with Crippen LogP contribution in [0.3, 0.4) is 0 Å². The van der Waals surface area contributed by atoms with Crippen molar-refractivity contribution in [1.29, 1.82) is 0 Å². The van der Waals surface area contributed by atoms with Crippen molar-refractivity contribution in [3.63, 3.8) is 0 Å². The first kappa shape index (κ1) is 13.3. The molecule has 1 aromatic carbocycles. The lowest BCUT2D eigenvalue weighted by molar-refractivity contribution is 0.482. The van der Waals surface area contributed by atoms with E-state index < -0.39 is 0 Å². The zero-order chi connectivity index (χ0) is 12.1. The second-order valence-corrected chi connectivity index (χ2v) is 6.09. The van der Waals surface area contributed by atoms with E-state index in [2.05, 4.69) is 23.7 Å². The van der Waals surface area contributed by atoms with Gasteiger partial charge in [0, 0.05) is 11.1 Å². The molecule has 1 saturated carbocycles. The normalized spacial score (nSPS) is 17.1. The molecule has 0 saturated heterocycles. The van der Waals surface area contributed by atoms with Gasteiger partial charge in [-0.15, -0.1) is 0 Å². The molecule has 1 nitrogen and oxygen atoms in total. The van der Waals surface area contributed by atoms with Crippen molar-refractivity contribution in [2.75, 3.05) is 18.6 Å². The summed E-state index contributed by atoms with van der Waals surface area (Å²) in [5.74, 6) is 2.08. The average Bonchev–Trinajstić information content (AvgIpc) is 3.15. The van der Waals surface area contributed by atoms with Gasteiger partial charge in [-0.05, 0) is 61.4 Å². The van der Waals surface area contributed by atoms with Crippen molar-refractivity contribution in [3.8, 4) is 0 Å². The van der Waals surface area contributed by atoms with Gasteiger partial charge in [0.1, 0.15) is 0 Å². The van der Waals surface area contributed by atoms with E-state index in [1.165, 1.54) is 30.6 Å². The SMILES string of the molecule is CSCCCNC(c1ccc(Cl)cc1)C1CC1. The molecule has 1 aromatic rings. The second-order valence-electron chi connectivity index (χ2n) is 4.67. The molecule has 1 fully saturated rings. The predicted octanol–water partition coefficient (Wildman–Crippen LogP) is 4.13. The zero-order valence-corrected chi connectivity index (χ0v) is 11.9. The van der Waals surface area contributed by atoms with E-state index in [0.29, 0.717) is 6.04 Å². The summed E-state index contributed by atoms with van der Waals surface area (Å²) in [6.45, 7) is 1.12. The summed E-state index contributed by atoms with van der Waals surface area (Å²) >= 11 is 7.85. The number of hydrogen-bond donors (Lipinski definition) is 1. The van der Waals surface area contributed by atoms with Crippen molar-refractivity contribution in [3.05, 3.63) is 34.9 Å². The van der Waals surface area contributed by atoms with Crippen LogP contribution < -0.4 is 5.32 Å². The lowest BCUT2D eigenvalue weighted by Crippen LogP contribution is -2.24. The molecule has 0 heterocycles. The van der Waals surface area contributed by atoms with Crippen LogP contribution in [0.5, 0.6) is 0 Å². The Kier molecular flexibility index (Phi) is 5.20. The highest BCUT2D eigenvalue weighted by Crippen LogP contribution is 2.41. The van der Waals surface area contributed by atoms with Crippen LogP contribution >= 0.6 is 23.4 Å². The summed E-state index contributed by atoms with van der Waals surface area (Å²) in [7, 11) is 0. The van der Waals surface area contributed by atoms with Crippen LogP contribution in [0.4, 0.5) is 0 Å². The number of nitrogens with one attached hydrogen (secondary N) is 1. The molecule has 0 aromatic heterocycles. The molecule has 1 N–H and O–H groups in total. The largest absolute Gasteiger partial charge is 0.310 e. The average molecular weight is 270 g/mol. The fraction of sp³-hybridized carbons (Fsp3) is 0.571. The molecule has 2 rings (SSSR count). The molecule has 1 aliphatic rings. The van der Waals surface area contributed by atoms with Crippen LogP contribution in [-0.4, -0.2) is 18.6 Å². The van der Waals surface area contributed by atoms with E-state index in [0.717, 1.165) is 17.5 Å². The number of benzene rings is 1. The van der Waals surface area contributed by atoms with Gasteiger partial charge in [-0.25, -0.2) is 0 Å². The molecular weight excluding hydrogens is 250 g/mol. The standard InChI is InChI=1S/C14H20ClNS/c1-17-10-2-9-16-14(11-3-4-11)12-5-7-13(15)8-6-12/h5-8,11,14,16H,2-4,9-10H2,1H3. The second kappa shape index (κ2) is 6.67. The summed E-state index contributed by atoms with van der Waals surface area (Å²) in [4.78, 5) is 0. The zero-order valence-electron chi connectivity index (χ0n) is 10.3. The Morgan fingerprint density at radius 2 is 2.06 bits per heavy atom. The lowest BCUT2D eigenvalue weighted by Gasteiger charge is -2.18. The maximum absolute atomic E-state index is 5.93. The van der Waals surface area contributed by atoms with Gasteiger partial charge >= 0.3 is 0 Å². The van der Waals surface area contributed by atoms with Gasteiger partial charge in [-0.2, -0.15) is 11.8 Å². The Morgan fingerprint density at radius 3 is 2.65 bits per heavy atom. The van der Waals surface area contributed by atoms with Crippen LogP contribution in [0.2, 0.25) is 5.02 Å². The van der Waals surface area contributed by atoms with Crippen molar-refractivity contribution >= 4 is 23.4 Å². The quantitative estimate of drug-likeness (QED) is 0.747. The molecule has 0 radical (unpaired) electrons. The van der Waals surface area contributed by atoms with Gasteiger partial charge in [0.2, 0.25) is 0 Å². The monoisotopic (exact) mass is 269 g/mol. The fourth-order valence-electron chi connectivity index (χ4n) is 2.13. The Labute approximate surface area is 113 Å². The van der Waals surface area contributed by atoms with E-state index in [1.54, 1.807) is 0 Å². The molecular formula is C14H20ClNS. The third-order valence-corrected chi connectivity index (χ3v) is 4.16. The smallest absolute Gasteiger partial charge is 0.0406 e. The molecule has 94 valence electrons. The van der Waals surface area contributed by atoms with Gasteiger partial charge in [-0.1, -0.05) is 23.7 Å². The Hall–Kier alpha value is -0.180. The molecule has 0 amide bonds. The van der Waals surface area contributed by atoms with Crippen LogP contribution in [0.25, 0.3) is 0 Å². The molecule has 3 heteroatoms. The van der Waals surface area contributed by atoms with Gasteiger partial charge < -0.3 is 5.32 Å². The molecule has 1 aliphatic carbocycles. The van der Waals surface area contributed by atoms with E-state index in [1.807, 2.05) is 23.9 Å². The maximum Gasteiger partial charge on any atom is 0.0406 e. The highest BCUT2D eigenvalue weighted by molar-refractivity contribution is 7.98. The van der Waals surface area contributed by atoms with Crippen molar-refractivity contribution in [2.45, 2.75) is 25.3 Å². The van der Waals surface area contributed by atoms with Gasteiger partial charge in [0.25, 0.3) is 0 Å². The minimum atomic E-state index is 0.536. The van der Waals surface area contributed by atoms with E-state index in [-0.39, 0.29) is 0 Å². The highest BCUT2D eigenvalue weighted by atomic mass is 35.5. The Morgan fingerprint density at radius 1 is 1.35 bits per heavy atom. The van der Waals surface area contributed by atoms with Gasteiger partial charge in [-0.3, -0.25) is 0 Å². The minimum Gasteiger partial charge on any atom is -0.310 e. The summed E-state index contributed by atoms with van der Waals surface area (Å²) < 4.78 is 0. The van der Waals surface area contributed by atoms with Crippen LogP contribution in [0, 0.1) is 5.92 Å². The number of thioether (sulfide) groups is 1. The predicted molar refractivity (Wildman–Crippen MR) is 77.9 cm³/mol. The van der Waals surface area contributed by atoms with Crippen molar-refractivity contribution < 1.29 is 0 Å². The molecule has 1 atom stereocenters. The molecule has 0 bridgehead atoms. The number of hydrogen-bond acceptors (Lipinski definition) is 2. The van der Waals surface area contributed by atoms with Crippen LogP contribution in [0.1, 0.15) is 30.9 Å². The van der Waals surface area contributed by atoms with Crippen LogP contribution in [-0.2, 0) is 0 Å². The van der Waals surface area contributed by atoms with E-state index in [9.17, 15) is 0 Å². The van der Waals surface area contributed by atoms with Gasteiger partial charge in [0.05, 0.1) is 0 Å². The first-order valence-electron chi connectivity index (χ1n) is 6.29. The first-order chi connectivity index (χ1) is 8.31. The molecule has 0 aliphatic heterocycles. The van der Waals surface area contributed by atoms with Crippen molar-refractivity contribution in [2.24, 2.45) is 5.92 Å². The minimum absolute atomic E-state index is 0.536. The maximum atomic E-state index is 5.93. The van der Waals surface area contributed by atoms with Gasteiger partial charge in [0.15, 0.2) is 0 Å².